The standard InChI is InChI=1S/C11H20O/c1-7(12)8-5-11(8,4)9-6-10(9,2)3/h7-9,12H,5-6H2,1-4H3. The molecule has 0 aliphatic heterocycles. The SMILES string of the molecule is CC(O)C1CC1(C)C1CC1(C)C. The first kappa shape index (κ1) is 8.55. The second kappa shape index (κ2) is 2.06. The fraction of sp³-hybridized carbons (Fsp3) is 1.00. The van der Waals surface area contributed by atoms with Crippen LogP contribution in [0.25, 0.3) is 0 Å². The van der Waals surface area contributed by atoms with Gasteiger partial charge in [-0.15, -0.1) is 0 Å². The summed E-state index contributed by atoms with van der Waals surface area (Å²) in [6.07, 6.45) is 2.53. The Kier molecular flexibility index (Phi) is 1.47. The van der Waals surface area contributed by atoms with Crippen molar-refractivity contribution >= 4 is 0 Å². The highest BCUT2D eigenvalue weighted by molar-refractivity contribution is 5.15. The largest absolute Gasteiger partial charge is 0.393 e. The minimum Gasteiger partial charge on any atom is -0.393 e. The van der Waals surface area contributed by atoms with Crippen molar-refractivity contribution in [2.45, 2.75) is 46.6 Å². The van der Waals surface area contributed by atoms with Crippen molar-refractivity contribution in [2.75, 3.05) is 0 Å². The summed E-state index contributed by atoms with van der Waals surface area (Å²) in [7, 11) is 0. The zero-order valence-corrected chi connectivity index (χ0v) is 8.59. The normalized spacial score (nSPS) is 51.8. The highest BCUT2D eigenvalue weighted by Crippen LogP contribution is 2.73. The lowest BCUT2D eigenvalue weighted by atomic mass is 9.92. The minimum atomic E-state index is -0.0913. The Morgan fingerprint density at radius 1 is 1.25 bits per heavy atom. The Morgan fingerprint density at radius 3 is 2.00 bits per heavy atom. The van der Waals surface area contributed by atoms with Crippen LogP contribution in [-0.2, 0) is 0 Å². The van der Waals surface area contributed by atoms with E-state index in [1.807, 2.05) is 6.92 Å². The third-order valence-electron chi connectivity index (χ3n) is 4.24. The Bertz CT molecular complexity index is 207. The van der Waals surface area contributed by atoms with Gasteiger partial charge in [-0.1, -0.05) is 20.8 Å². The van der Waals surface area contributed by atoms with Crippen molar-refractivity contribution in [1.29, 1.82) is 0 Å². The number of hydrogen-bond donors (Lipinski definition) is 1. The molecule has 4 atom stereocenters. The molecule has 0 aromatic heterocycles. The number of hydrogen-bond acceptors (Lipinski definition) is 1. The van der Waals surface area contributed by atoms with Crippen LogP contribution in [0, 0.1) is 22.7 Å². The van der Waals surface area contributed by atoms with E-state index >= 15 is 0 Å². The van der Waals surface area contributed by atoms with Gasteiger partial charge in [0.05, 0.1) is 6.10 Å². The molecule has 2 rings (SSSR count). The molecule has 1 heteroatoms. The van der Waals surface area contributed by atoms with E-state index in [4.69, 9.17) is 0 Å². The molecule has 2 aliphatic rings. The lowest BCUT2D eigenvalue weighted by Crippen LogP contribution is -2.13. The van der Waals surface area contributed by atoms with Gasteiger partial charge in [-0.2, -0.15) is 0 Å². The highest BCUT2D eigenvalue weighted by Gasteiger charge is 2.66. The molecule has 70 valence electrons. The van der Waals surface area contributed by atoms with Crippen LogP contribution in [0.2, 0.25) is 0 Å². The van der Waals surface area contributed by atoms with Gasteiger partial charge in [0.2, 0.25) is 0 Å². The van der Waals surface area contributed by atoms with Gasteiger partial charge in [0, 0.05) is 0 Å². The molecule has 2 fully saturated rings. The van der Waals surface area contributed by atoms with E-state index < -0.39 is 0 Å². The summed E-state index contributed by atoms with van der Waals surface area (Å²) in [5, 5.41) is 9.47. The lowest BCUT2D eigenvalue weighted by Gasteiger charge is -2.14. The molecular weight excluding hydrogens is 148 g/mol. The fourth-order valence-electron chi connectivity index (χ4n) is 3.13. The predicted molar refractivity (Wildman–Crippen MR) is 49.8 cm³/mol. The molecule has 0 amide bonds. The van der Waals surface area contributed by atoms with Crippen molar-refractivity contribution in [2.24, 2.45) is 22.7 Å². The van der Waals surface area contributed by atoms with Crippen LogP contribution in [0.4, 0.5) is 0 Å². The van der Waals surface area contributed by atoms with Crippen LogP contribution >= 0.6 is 0 Å². The van der Waals surface area contributed by atoms with Crippen LogP contribution < -0.4 is 0 Å². The van der Waals surface area contributed by atoms with E-state index in [2.05, 4.69) is 20.8 Å². The maximum absolute atomic E-state index is 9.47. The molecule has 1 nitrogen and oxygen atoms in total. The first-order valence-corrected chi connectivity index (χ1v) is 5.06. The van der Waals surface area contributed by atoms with Gasteiger partial charge in [0.15, 0.2) is 0 Å². The molecule has 0 radical (unpaired) electrons. The summed E-state index contributed by atoms with van der Waals surface area (Å²) >= 11 is 0. The molecule has 0 spiro atoms. The number of rotatable bonds is 2. The van der Waals surface area contributed by atoms with E-state index in [1.165, 1.54) is 12.8 Å². The molecule has 0 bridgehead atoms. The van der Waals surface area contributed by atoms with Gasteiger partial charge in [0.1, 0.15) is 0 Å². The molecule has 4 unspecified atom stereocenters. The first-order valence-electron chi connectivity index (χ1n) is 5.06. The van der Waals surface area contributed by atoms with Crippen molar-refractivity contribution < 1.29 is 5.11 Å². The van der Waals surface area contributed by atoms with E-state index in [0.717, 1.165) is 5.92 Å². The van der Waals surface area contributed by atoms with Crippen molar-refractivity contribution in [1.82, 2.24) is 0 Å². The molecule has 12 heavy (non-hydrogen) atoms. The third kappa shape index (κ3) is 1.02. The summed E-state index contributed by atoms with van der Waals surface area (Å²) in [6, 6.07) is 0. The zero-order chi connectivity index (χ0) is 9.15. The smallest absolute Gasteiger partial charge is 0.0545 e. The third-order valence-corrected chi connectivity index (χ3v) is 4.24. The van der Waals surface area contributed by atoms with Crippen LogP contribution in [0.5, 0.6) is 0 Å². The molecule has 2 saturated carbocycles. The van der Waals surface area contributed by atoms with Crippen LogP contribution in [0.1, 0.15) is 40.5 Å². The average molecular weight is 168 g/mol. The predicted octanol–water partition coefficient (Wildman–Crippen LogP) is 2.44. The van der Waals surface area contributed by atoms with Gasteiger partial charge in [-0.3, -0.25) is 0 Å². The molecule has 0 heterocycles. The molecule has 0 saturated heterocycles. The summed E-state index contributed by atoms with van der Waals surface area (Å²) in [6.45, 7) is 8.98. The second-order valence-corrected chi connectivity index (χ2v) is 5.80. The summed E-state index contributed by atoms with van der Waals surface area (Å²) in [5.74, 6) is 1.47. The Morgan fingerprint density at radius 2 is 1.75 bits per heavy atom. The number of aliphatic hydroxyl groups is 1. The average Bonchev–Trinajstić information content (AvgIpc) is 2.72. The topological polar surface area (TPSA) is 20.2 Å². The van der Waals surface area contributed by atoms with Crippen LogP contribution in [-0.4, -0.2) is 11.2 Å². The molecule has 2 aliphatic carbocycles. The maximum atomic E-state index is 9.47. The monoisotopic (exact) mass is 168 g/mol. The van der Waals surface area contributed by atoms with Crippen molar-refractivity contribution in [3.63, 3.8) is 0 Å². The Balaban J connectivity index is 2.00. The number of aliphatic hydroxyl groups excluding tert-OH is 1. The summed E-state index contributed by atoms with van der Waals surface area (Å²) in [5.41, 5.74) is 1.05. The van der Waals surface area contributed by atoms with Gasteiger partial charge >= 0.3 is 0 Å². The minimum absolute atomic E-state index is 0.0913. The molecular formula is C11H20O. The van der Waals surface area contributed by atoms with Crippen molar-refractivity contribution in [3.05, 3.63) is 0 Å². The lowest BCUT2D eigenvalue weighted by molar-refractivity contribution is 0.145. The van der Waals surface area contributed by atoms with Crippen molar-refractivity contribution in [3.8, 4) is 0 Å². The highest BCUT2D eigenvalue weighted by atomic mass is 16.3. The molecule has 0 aromatic carbocycles. The fourth-order valence-corrected chi connectivity index (χ4v) is 3.13. The quantitative estimate of drug-likeness (QED) is 0.671. The first-order chi connectivity index (χ1) is 5.38. The molecule has 1 N–H and O–H groups in total. The van der Waals surface area contributed by atoms with Crippen LogP contribution in [0.3, 0.4) is 0 Å². The van der Waals surface area contributed by atoms with Crippen LogP contribution in [0.15, 0.2) is 0 Å². The maximum Gasteiger partial charge on any atom is 0.0545 e. The van der Waals surface area contributed by atoms with Gasteiger partial charge in [-0.25, -0.2) is 0 Å². The summed E-state index contributed by atoms with van der Waals surface area (Å²) in [4.78, 5) is 0. The van der Waals surface area contributed by atoms with E-state index in [-0.39, 0.29) is 6.10 Å². The zero-order valence-electron chi connectivity index (χ0n) is 8.59. The van der Waals surface area contributed by atoms with E-state index in [0.29, 0.717) is 16.7 Å². The summed E-state index contributed by atoms with van der Waals surface area (Å²) < 4.78 is 0. The van der Waals surface area contributed by atoms with Gasteiger partial charge in [-0.05, 0) is 42.4 Å². The Hall–Kier alpha value is -0.0400. The van der Waals surface area contributed by atoms with Gasteiger partial charge in [0.25, 0.3) is 0 Å². The van der Waals surface area contributed by atoms with E-state index in [1.54, 1.807) is 0 Å². The second-order valence-electron chi connectivity index (χ2n) is 5.80. The molecule has 0 aromatic rings. The van der Waals surface area contributed by atoms with Gasteiger partial charge < -0.3 is 5.11 Å². The van der Waals surface area contributed by atoms with E-state index in [9.17, 15) is 5.11 Å². The Labute approximate surface area is 75.2 Å².